The first-order valence-electron chi connectivity index (χ1n) is 16.1. The lowest BCUT2D eigenvalue weighted by atomic mass is 9.83. The van der Waals surface area contributed by atoms with E-state index in [-0.39, 0.29) is 17.1 Å². The lowest BCUT2D eigenvalue weighted by Gasteiger charge is -2.26. The second-order valence-corrected chi connectivity index (χ2v) is 16.1. The number of hydrogen-bond donors (Lipinski definition) is 0. The van der Waals surface area contributed by atoms with E-state index >= 15 is 0 Å². The Hall–Kier alpha value is -2.78. The van der Waals surface area contributed by atoms with Crippen molar-refractivity contribution in [1.82, 2.24) is 4.57 Å². The molecule has 0 amide bonds. The molecule has 1 aromatic heterocycles. The van der Waals surface area contributed by atoms with E-state index in [0.29, 0.717) is 11.3 Å². The summed E-state index contributed by atoms with van der Waals surface area (Å²) in [7, 11) is 0. The van der Waals surface area contributed by atoms with Crippen LogP contribution in [-0.4, -0.2) is 17.5 Å². The summed E-state index contributed by atoms with van der Waals surface area (Å²) in [5.41, 5.74) is 8.06. The molecule has 1 aliphatic heterocycles. The average Bonchev–Trinajstić information content (AvgIpc) is 3.21. The molecule has 0 bridgehead atoms. The van der Waals surface area contributed by atoms with E-state index in [2.05, 4.69) is 128 Å². The molecule has 42 heavy (non-hydrogen) atoms. The van der Waals surface area contributed by atoms with Crippen molar-refractivity contribution in [3.63, 3.8) is 0 Å². The molecule has 0 aliphatic carbocycles. The summed E-state index contributed by atoms with van der Waals surface area (Å²) in [5, 5.41) is 2.60. The van der Waals surface area contributed by atoms with E-state index in [1.165, 1.54) is 44.9 Å². The van der Waals surface area contributed by atoms with E-state index in [0.717, 1.165) is 43.7 Å². The highest BCUT2D eigenvalue weighted by molar-refractivity contribution is 6.10. The van der Waals surface area contributed by atoms with Crippen molar-refractivity contribution in [2.45, 2.75) is 118 Å². The lowest BCUT2D eigenvalue weighted by molar-refractivity contribution is -0.105. The molecule has 0 radical (unpaired) electrons. The van der Waals surface area contributed by atoms with Crippen LogP contribution in [0, 0.1) is 11.3 Å². The maximum Gasteiger partial charge on any atom is 0.199 e. The summed E-state index contributed by atoms with van der Waals surface area (Å²) in [4.78, 5) is 0. The van der Waals surface area contributed by atoms with Crippen LogP contribution in [-0.2, 0) is 22.0 Å². The fourth-order valence-electron chi connectivity index (χ4n) is 6.65. The van der Waals surface area contributed by atoms with Gasteiger partial charge in [0, 0.05) is 17.2 Å². The van der Waals surface area contributed by atoms with Crippen LogP contribution in [0.1, 0.15) is 112 Å². The highest BCUT2D eigenvalue weighted by atomic mass is 16.7. The Kier molecular flexibility index (Phi) is 8.31. The summed E-state index contributed by atoms with van der Waals surface area (Å²) in [6.07, 6.45) is 5.22. The van der Waals surface area contributed by atoms with Gasteiger partial charge in [-0.3, -0.25) is 0 Å². The molecular weight excluding hydrogens is 514 g/mol. The van der Waals surface area contributed by atoms with Crippen LogP contribution in [0.25, 0.3) is 27.5 Å². The Labute approximate surface area is 254 Å². The van der Waals surface area contributed by atoms with Crippen molar-refractivity contribution in [1.29, 1.82) is 0 Å². The summed E-state index contributed by atoms with van der Waals surface area (Å²) < 4.78 is 15.2. The molecule has 1 fully saturated rings. The van der Waals surface area contributed by atoms with Crippen LogP contribution < -0.4 is 4.74 Å². The maximum atomic E-state index is 6.66. The molecule has 4 aromatic rings. The standard InChI is InChI=1S/C39H53NO2/c1-26(25-37(2,3)4)21-27-14-19-35(42-36-13-11-12-20-41-36)34(22-27)40-32-17-15-28(38(5,6)7)23-30(32)31-24-29(39(8,9)10)16-18-33(31)40/h14-19,22-24,26,36H,11-13,20-21,25H2,1-10H3. The third-order valence-corrected chi connectivity index (χ3v) is 8.70. The molecule has 0 saturated carbocycles. The Morgan fingerprint density at radius 3 is 1.88 bits per heavy atom. The normalized spacial score (nSPS) is 17.6. The molecule has 2 atom stereocenters. The fourth-order valence-corrected chi connectivity index (χ4v) is 6.65. The molecule has 2 unspecified atom stereocenters. The van der Waals surface area contributed by atoms with E-state index in [1.807, 2.05) is 0 Å². The lowest BCUT2D eigenvalue weighted by Crippen LogP contribution is -2.25. The van der Waals surface area contributed by atoms with Crippen LogP contribution in [0.2, 0.25) is 0 Å². The van der Waals surface area contributed by atoms with Crippen molar-refractivity contribution in [3.05, 3.63) is 71.3 Å². The van der Waals surface area contributed by atoms with Gasteiger partial charge in [0.2, 0.25) is 0 Å². The molecule has 1 saturated heterocycles. The van der Waals surface area contributed by atoms with Gasteiger partial charge in [-0.15, -0.1) is 0 Å². The van der Waals surface area contributed by atoms with E-state index in [1.54, 1.807) is 0 Å². The first-order valence-corrected chi connectivity index (χ1v) is 16.1. The second-order valence-electron chi connectivity index (χ2n) is 16.1. The first kappa shape index (κ1) is 30.7. The second kappa shape index (κ2) is 11.4. The molecule has 5 rings (SSSR count). The molecule has 3 heteroatoms. The number of aromatic nitrogens is 1. The van der Waals surface area contributed by atoms with Crippen LogP contribution in [0.4, 0.5) is 0 Å². The van der Waals surface area contributed by atoms with E-state index in [9.17, 15) is 0 Å². The van der Waals surface area contributed by atoms with Crippen LogP contribution in [0.15, 0.2) is 54.6 Å². The van der Waals surface area contributed by atoms with Crippen LogP contribution in [0.5, 0.6) is 5.75 Å². The number of ether oxygens (including phenoxy) is 2. The van der Waals surface area contributed by atoms with Crippen LogP contribution >= 0.6 is 0 Å². The summed E-state index contributed by atoms with van der Waals surface area (Å²) in [6.45, 7) is 24.0. The molecule has 226 valence electrons. The minimum atomic E-state index is -0.198. The third-order valence-electron chi connectivity index (χ3n) is 8.70. The minimum Gasteiger partial charge on any atom is -0.463 e. The number of benzene rings is 3. The highest BCUT2D eigenvalue weighted by Gasteiger charge is 2.24. The van der Waals surface area contributed by atoms with Crippen molar-refractivity contribution >= 4 is 21.8 Å². The first-order chi connectivity index (χ1) is 19.6. The number of hydrogen-bond acceptors (Lipinski definition) is 2. The zero-order chi connectivity index (χ0) is 30.4. The van der Waals surface area contributed by atoms with Crippen molar-refractivity contribution < 1.29 is 9.47 Å². The van der Waals surface area contributed by atoms with Gasteiger partial charge in [0.05, 0.1) is 23.3 Å². The largest absolute Gasteiger partial charge is 0.463 e. The Bertz CT molecular complexity index is 1480. The number of rotatable bonds is 6. The van der Waals surface area contributed by atoms with Crippen molar-refractivity contribution in [2.24, 2.45) is 11.3 Å². The molecule has 0 spiro atoms. The Morgan fingerprint density at radius 1 is 0.786 bits per heavy atom. The summed E-state index contributed by atoms with van der Waals surface area (Å²) in [5.74, 6) is 1.49. The van der Waals surface area contributed by atoms with E-state index in [4.69, 9.17) is 9.47 Å². The molecular formula is C39H53NO2. The summed E-state index contributed by atoms with van der Waals surface area (Å²) in [6, 6.07) is 20.9. The third kappa shape index (κ3) is 6.72. The van der Waals surface area contributed by atoms with Gasteiger partial charge in [-0.05, 0) is 101 Å². The molecule has 0 N–H and O–H groups in total. The van der Waals surface area contributed by atoms with Crippen molar-refractivity contribution in [2.75, 3.05) is 6.61 Å². The van der Waals surface area contributed by atoms with Gasteiger partial charge >= 0.3 is 0 Å². The van der Waals surface area contributed by atoms with Crippen LogP contribution in [0.3, 0.4) is 0 Å². The van der Waals surface area contributed by atoms with Gasteiger partial charge in [-0.2, -0.15) is 0 Å². The molecule has 3 aromatic carbocycles. The smallest absolute Gasteiger partial charge is 0.199 e. The van der Waals surface area contributed by atoms with Gasteiger partial charge in [0.25, 0.3) is 0 Å². The van der Waals surface area contributed by atoms with Gasteiger partial charge in [-0.1, -0.05) is 87.4 Å². The van der Waals surface area contributed by atoms with E-state index < -0.39 is 0 Å². The zero-order valence-corrected chi connectivity index (χ0v) is 27.9. The summed E-state index contributed by atoms with van der Waals surface area (Å²) >= 11 is 0. The van der Waals surface area contributed by atoms with Crippen molar-refractivity contribution in [3.8, 4) is 11.4 Å². The minimum absolute atomic E-state index is 0.0694. The SMILES string of the molecule is CC(Cc1ccc(OC2CCCCO2)c(-n2c3ccc(C(C)(C)C)cc3c3cc(C(C)(C)C)ccc32)c1)CC(C)(C)C. The number of fused-ring (bicyclic) bond motifs is 3. The van der Waals surface area contributed by atoms with Gasteiger partial charge in [0.1, 0.15) is 5.75 Å². The van der Waals surface area contributed by atoms with Gasteiger partial charge < -0.3 is 14.0 Å². The maximum absolute atomic E-state index is 6.66. The Balaban J connectivity index is 1.73. The molecule has 3 nitrogen and oxygen atoms in total. The van der Waals surface area contributed by atoms with Gasteiger partial charge in [0.15, 0.2) is 6.29 Å². The predicted octanol–water partition coefficient (Wildman–Crippen LogP) is 10.9. The fraction of sp³-hybridized carbons (Fsp3) is 0.538. The van der Waals surface area contributed by atoms with Gasteiger partial charge in [-0.25, -0.2) is 0 Å². The quantitative estimate of drug-likeness (QED) is 0.231. The average molecular weight is 568 g/mol. The highest BCUT2D eigenvalue weighted by Crippen LogP contribution is 2.40. The molecule has 2 heterocycles. The number of nitrogens with zero attached hydrogens (tertiary/aromatic N) is 1. The topological polar surface area (TPSA) is 23.4 Å². The molecule has 1 aliphatic rings. The monoisotopic (exact) mass is 567 g/mol. The predicted molar refractivity (Wildman–Crippen MR) is 179 cm³/mol. The zero-order valence-electron chi connectivity index (χ0n) is 27.9. The Morgan fingerprint density at radius 2 is 1.38 bits per heavy atom.